The minimum atomic E-state index is -0.962. The number of amides is 1. The number of H-pyrrole nitrogens is 2. The van der Waals surface area contributed by atoms with Gasteiger partial charge in [-0.25, -0.2) is 15.0 Å². The molecule has 4 aliphatic rings. The average molecular weight is 880 g/mol. The zero-order valence-electron chi connectivity index (χ0n) is 37.2. The largest absolute Gasteiger partial charge is 0.478 e. The number of rotatable bonds is 10. The number of aromatic nitrogens is 4. The Labute approximate surface area is 379 Å². The van der Waals surface area contributed by atoms with Gasteiger partial charge < -0.3 is 19.5 Å². The van der Waals surface area contributed by atoms with Gasteiger partial charge in [0.1, 0.15) is 0 Å². The van der Waals surface area contributed by atoms with Crippen LogP contribution >= 0.6 is 0 Å². The average Bonchev–Trinajstić information content (AvgIpc) is 4.07. The quantitative estimate of drug-likeness (QED) is 0.121. The van der Waals surface area contributed by atoms with Gasteiger partial charge in [0.15, 0.2) is 0 Å². The Morgan fingerprint density at radius 3 is 1.38 bits per heavy atom. The van der Waals surface area contributed by atoms with Crippen LogP contribution in [0.1, 0.15) is 140 Å². The maximum Gasteiger partial charge on any atom is 0.335 e. The van der Waals surface area contributed by atoms with Crippen molar-refractivity contribution in [3.8, 4) is 0 Å². The molecule has 2 aromatic heterocycles. The number of carbonyl (C=O) groups excluding carboxylic acids is 1. The molecule has 4 aromatic carbocycles. The number of nitrogens with zero attached hydrogens (tertiary/aromatic N) is 3. The molecule has 12 heteroatoms. The van der Waals surface area contributed by atoms with Crippen molar-refractivity contribution in [2.75, 3.05) is 13.1 Å². The Hall–Kier alpha value is -5.98. The highest BCUT2D eigenvalue weighted by molar-refractivity contribution is 5.94. The van der Waals surface area contributed by atoms with Crippen LogP contribution in [0.3, 0.4) is 0 Å². The van der Waals surface area contributed by atoms with E-state index in [0.717, 1.165) is 53.5 Å². The van der Waals surface area contributed by atoms with Crippen molar-refractivity contribution in [2.24, 2.45) is 0 Å². The Morgan fingerprint density at radius 2 is 0.923 bits per heavy atom. The smallest absolute Gasteiger partial charge is 0.335 e. The number of aromatic amines is 2. The molecule has 340 valence electrons. The molecule has 1 saturated heterocycles. The molecule has 0 spiro atoms. The van der Waals surface area contributed by atoms with Gasteiger partial charge in [0, 0.05) is 42.3 Å². The minimum absolute atomic E-state index is 0.0745. The molecule has 1 amide bonds. The Balaban J connectivity index is 0.000000149. The van der Waals surface area contributed by atoms with Gasteiger partial charge in [-0.15, -0.1) is 0 Å². The maximum atomic E-state index is 13.1. The SMILES string of the molecule is C1CCC(OC2CCCC2)CC1.O=C(O)c1cccc(Cc2n[nH]c(=O)c3ccccc23)c1.O=C(c1cccc(Cc2n[nH]c(=O)c3ccccc23)c1)N1CCC(OC2CCCC2)CC1. The van der Waals surface area contributed by atoms with E-state index in [-0.39, 0.29) is 28.7 Å². The predicted octanol–water partition coefficient (Wildman–Crippen LogP) is 9.57. The third kappa shape index (κ3) is 12.2. The second-order valence-corrected chi connectivity index (χ2v) is 18.0. The Kier molecular flexibility index (Phi) is 15.6. The van der Waals surface area contributed by atoms with Crippen LogP contribution in [0.2, 0.25) is 0 Å². The van der Waals surface area contributed by atoms with Crippen LogP contribution < -0.4 is 11.1 Å². The molecule has 10 rings (SSSR count). The van der Waals surface area contributed by atoms with Gasteiger partial charge in [-0.3, -0.25) is 14.4 Å². The summed E-state index contributed by atoms with van der Waals surface area (Å²) < 4.78 is 12.3. The van der Waals surface area contributed by atoms with Gasteiger partial charge in [0.25, 0.3) is 17.0 Å². The number of carboxylic acid groups (broad SMARTS) is 1. The fourth-order valence-electron chi connectivity index (χ4n) is 9.80. The first-order valence-electron chi connectivity index (χ1n) is 23.7. The molecule has 0 unspecified atom stereocenters. The summed E-state index contributed by atoms with van der Waals surface area (Å²) in [7, 11) is 0. The number of fused-ring (bicyclic) bond motifs is 2. The lowest BCUT2D eigenvalue weighted by Gasteiger charge is -2.33. The van der Waals surface area contributed by atoms with E-state index in [4.69, 9.17) is 14.6 Å². The van der Waals surface area contributed by atoms with Crippen molar-refractivity contribution < 1.29 is 24.2 Å². The monoisotopic (exact) mass is 879 g/mol. The summed E-state index contributed by atoms with van der Waals surface area (Å²) in [6, 6.07) is 29.2. The number of carbonyl (C=O) groups is 2. The summed E-state index contributed by atoms with van der Waals surface area (Å²) >= 11 is 0. The summed E-state index contributed by atoms with van der Waals surface area (Å²) in [5, 5.41) is 25.3. The normalized spacial score (nSPS) is 17.4. The lowest BCUT2D eigenvalue weighted by Crippen LogP contribution is -2.41. The molecule has 3 N–H and O–H groups in total. The van der Waals surface area contributed by atoms with E-state index >= 15 is 0 Å². The molecular formula is C53H61N5O7. The molecule has 1 aliphatic heterocycles. The van der Waals surface area contributed by atoms with Crippen LogP contribution in [0, 0.1) is 0 Å². The van der Waals surface area contributed by atoms with Gasteiger partial charge in [0.05, 0.1) is 52.1 Å². The number of nitrogens with one attached hydrogen (secondary N) is 2. The van der Waals surface area contributed by atoms with Crippen molar-refractivity contribution in [3.05, 3.63) is 151 Å². The fourth-order valence-corrected chi connectivity index (χ4v) is 9.80. The van der Waals surface area contributed by atoms with Crippen LogP contribution in [-0.4, -0.2) is 79.8 Å². The summed E-state index contributed by atoms with van der Waals surface area (Å²) in [5.74, 6) is -0.887. The zero-order chi connectivity index (χ0) is 45.0. The second kappa shape index (κ2) is 22.3. The first kappa shape index (κ1) is 45.6. The van der Waals surface area contributed by atoms with E-state index < -0.39 is 5.97 Å². The minimum Gasteiger partial charge on any atom is -0.478 e. The lowest BCUT2D eigenvalue weighted by molar-refractivity contribution is -0.0357. The molecule has 0 bridgehead atoms. The summed E-state index contributed by atoms with van der Waals surface area (Å²) in [5.41, 5.74) is 3.87. The maximum absolute atomic E-state index is 13.1. The van der Waals surface area contributed by atoms with Crippen LogP contribution in [0.4, 0.5) is 0 Å². The summed E-state index contributed by atoms with van der Waals surface area (Å²) in [6.45, 7) is 1.49. The zero-order valence-corrected chi connectivity index (χ0v) is 37.2. The van der Waals surface area contributed by atoms with Crippen LogP contribution in [0.5, 0.6) is 0 Å². The van der Waals surface area contributed by atoms with Crippen molar-refractivity contribution in [1.82, 2.24) is 25.3 Å². The third-order valence-corrected chi connectivity index (χ3v) is 13.3. The topological polar surface area (TPSA) is 168 Å². The number of hydrogen-bond donors (Lipinski definition) is 3. The molecule has 12 nitrogen and oxygen atoms in total. The lowest BCUT2D eigenvalue weighted by atomic mass is 9.97. The van der Waals surface area contributed by atoms with Crippen LogP contribution in [0.25, 0.3) is 21.5 Å². The van der Waals surface area contributed by atoms with E-state index in [2.05, 4.69) is 20.4 Å². The first-order chi connectivity index (χ1) is 31.8. The van der Waals surface area contributed by atoms with Crippen molar-refractivity contribution in [2.45, 2.75) is 134 Å². The van der Waals surface area contributed by atoms with Crippen molar-refractivity contribution >= 4 is 33.4 Å². The summed E-state index contributed by atoms with van der Waals surface area (Å²) in [6.07, 6.45) is 22.1. The molecule has 3 saturated carbocycles. The fraction of sp³-hybridized carbons (Fsp3) is 0.434. The number of ether oxygens (including phenoxy) is 2. The van der Waals surface area contributed by atoms with Gasteiger partial charge in [-0.1, -0.05) is 106 Å². The second-order valence-electron chi connectivity index (χ2n) is 18.0. The van der Waals surface area contributed by atoms with E-state index in [0.29, 0.717) is 53.2 Å². The molecule has 3 aliphatic carbocycles. The van der Waals surface area contributed by atoms with E-state index in [1.165, 1.54) is 83.5 Å². The van der Waals surface area contributed by atoms with E-state index in [1.54, 1.807) is 36.4 Å². The van der Waals surface area contributed by atoms with Gasteiger partial charge in [-0.05, 0) is 98.9 Å². The Bertz CT molecular complexity index is 2650. The number of likely N-dealkylation sites (tertiary alicyclic amines) is 1. The number of aromatic carboxylic acids is 1. The molecule has 0 radical (unpaired) electrons. The number of hydrogen-bond acceptors (Lipinski definition) is 8. The highest BCUT2D eigenvalue weighted by Crippen LogP contribution is 2.29. The number of benzene rings is 4. The summed E-state index contributed by atoms with van der Waals surface area (Å²) in [4.78, 5) is 49.9. The Morgan fingerprint density at radius 1 is 0.523 bits per heavy atom. The first-order valence-corrected chi connectivity index (χ1v) is 23.7. The van der Waals surface area contributed by atoms with Gasteiger partial charge in [0.2, 0.25) is 0 Å². The standard InChI is InChI=1S/C26H29N3O3.C16H12N2O3.C11H20O/c30-25-23-11-4-3-10-22(23)24(27-28-25)17-18-6-5-7-19(16-18)26(31)29-14-12-21(13-15-29)32-20-8-1-2-9-20;19-15-13-7-2-1-6-12(13)14(17-18-15)9-10-4-3-5-11(8-10)16(20)21;1-2-6-10(7-3-1)12-11-8-4-5-9-11/h3-7,10-11,16,20-21H,1-2,8-9,12-15,17H2,(H,28,30);1-8H,9H2,(H,18,19)(H,20,21);10-11H,1-9H2. The van der Waals surface area contributed by atoms with E-state index in [9.17, 15) is 19.2 Å². The van der Waals surface area contributed by atoms with Crippen molar-refractivity contribution in [3.63, 3.8) is 0 Å². The molecule has 65 heavy (non-hydrogen) atoms. The highest BCUT2D eigenvalue weighted by atomic mass is 16.5. The molecular weight excluding hydrogens is 819 g/mol. The predicted molar refractivity (Wildman–Crippen MR) is 253 cm³/mol. The number of carboxylic acids is 1. The third-order valence-electron chi connectivity index (χ3n) is 13.3. The van der Waals surface area contributed by atoms with Crippen LogP contribution in [0.15, 0.2) is 107 Å². The van der Waals surface area contributed by atoms with Crippen molar-refractivity contribution in [1.29, 1.82) is 0 Å². The van der Waals surface area contributed by atoms with E-state index in [1.807, 2.05) is 65.6 Å². The van der Waals surface area contributed by atoms with Gasteiger partial charge in [-0.2, -0.15) is 10.2 Å². The molecule has 0 atom stereocenters. The van der Waals surface area contributed by atoms with Crippen LogP contribution in [-0.2, 0) is 22.3 Å². The highest BCUT2D eigenvalue weighted by Gasteiger charge is 2.27. The number of piperidine rings is 1. The van der Waals surface area contributed by atoms with Gasteiger partial charge >= 0.3 is 5.97 Å². The molecule has 4 fully saturated rings. The molecule has 3 heterocycles. The molecule has 6 aromatic rings.